The molecule has 0 fully saturated rings. The molecule has 334 valence electrons. The van der Waals surface area contributed by atoms with Crippen LogP contribution in [0.2, 0.25) is 0 Å². The molecule has 0 spiro atoms. The SMILES string of the molecule is CCCCC/C=C\CCCCCCCC(=O)OC(COC(=O)CCC/C=C\CCCCCC)COC(=O)CCCCCCCCCCCCCCCCCCCC. The van der Waals surface area contributed by atoms with Crippen molar-refractivity contribution in [3.63, 3.8) is 0 Å². The molecular formula is C51H94O6. The van der Waals surface area contributed by atoms with Crippen molar-refractivity contribution in [2.24, 2.45) is 0 Å². The van der Waals surface area contributed by atoms with E-state index in [0.717, 1.165) is 70.6 Å². The Morgan fingerprint density at radius 3 is 1.00 bits per heavy atom. The first-order chi connectivity index (χ1) is 28.0. The van der Waals surface area contributed by atoms with E-state index in [1.54, 1.807) is 0 Å². The molecule has 6 nitrogen and oxygen atoms in total. The Morgan fingerprint density at radius 1 is 0.333 bits per heavy atom. The lowest BCUT2D eigenvalue weighted by molar-refractivity contribution is -0.167. The molecule has 0 aromatic heterocycles. The number of rotatable bonds is 45. The molecule has 0 heterocycles. The van der Waals surface area contributed by atoms with E-state index < -0.39 is 6.10 Å². The van der Waals surface area contributed by atoms with Crippen molar-refractivity contribution < 1.29 is 28.6 Å². The Morgan fingerprint density at radius 2 is 0.596 bits per heavy atom. The fraction of sp³-hybridized carbons (Fsp3) is 0.863. The molecular weight excluding hydrogens is 709 g/mol. The van der Waals surface area contributed by atoms with Crippen LogP contribution in [0.5, 0.6) is 0 Å². The van der Waals surface area contributed by atoms with E-state index in [0.29, 0.717) is 19.3 Å². The maximum atomic E-state index is 12.7. The zero-order valence-electron chi connectivity index (χ0n) is 38.1. The second-order valence-electron chi connectivity index (χ2n) is 16.7. The van der Waals surface area contributed by atoms with E-state index in [1.165, 1.54) is 154 Å². The van der Waals surface area contributed by atoms with Gasteiger partial charge in [-0.3, -0.25) is 14.4 Å². The second-order valence-corrected chi connectivity index (χ2v) is 16.7. The number of unbranched alkanes of at least 4 members (excludes halogenated alkanes) is 30. The molecule has 0 aromatic rings. The van der Waals surface area contributed by atoms with Crippen molar-refractivity contribution in [1.29, 1.82) is 0 Å². The summed E-state index contributed by atoms with van der Waals surface area (Å²) in [7, 11) is 0. The summed E-state index contributed by atoms with van der Waals surface area (Å²) in [5, 5.41) is 0. The number of carbonyl (C=O) groups excluding carboxylic acids is 3. The highest BCUT2D eigenvalue weighted by Gasteiger charge is 2.19. The quantitative estimate of drug-likeness (QED) is 0.0264. The monoisotopic (exact) mass is 803 g/mol. The van der Waals surface area contributed by atoms with Gasteiger partial charge >= 0.3 is 17.9 Å². The van der Waals surface area contributed by atoms with Gasteiger partial charge in [-0.05, 0) is 64.2 Å². The molecule has 1 atom stereocenters. The number of carbonyl (C=O) groups is 3. The van der Waals surface area contributed by atoms with Gasteiger partial charge in [0.1, 0.15) is 13.2 Å². The predicted molar refractivity (Wildman–Crippen MR) is 243 cm³/mol. The average Bonchev–Trinajstić information content (AvgIpc) is 3.21. The smallest absolute Gasteiger partial charge is 0.306 e. The van der Waals surface area contributed by atoms with Crippen LogP contribution in [0.15, 0.2) is 24.3 Å². The molecule has 0 bridgehead atoms. The van der Waals surface area contributed by atoms with Gasteiger partial charge in [0.2, 0.25) is 0 Å². The van der Waals surface area contributed by atoms with Gasteiger partial charge in [0.25, 0.3) is 0 Å². The molecule has 0 radical (unpaired) electrons. The van der Waals surface area contributed by atoms with Gasteiger partial charge in [-0.2, -0.15) is 0 Å². The van der Waals surface area contributed by atoms with E-state index in [2.05, 4.69) is 45.1 Å². The van der Waals surface area contributed by atoms with E-state index in [9.17, 15) is 14.4 Å². The largest absolute Gasteiger partial charge is 0.462 e. The highest BCUT2D eigenvalue weighted by molar-refractivity contribution is 5.71. The van der Waals surface area contributed by atoms with Gasteiger partial charge in [-0.15, -0.1) is 0 Å². The van der Waals surface area contributed by atoms with Crippen LogP contribution in [-0.4, -0.2) is 37.2 Å². The molecule has 57 heavy (non-hydrogen) atoms. The minimum atomic E-state index is -0.780. The molecule has 0 aliphatic carbocycles. The van der Waals surface area contributed by atoms with Crippen LogP contribution in [0.4, 0.5) is 0 Å². The lowest BCUT2D eigenvalue weighted by Crippen LogP contribution is -2.30. The van der Waals surface area contributed by atoms with Crippen molar-refractivity contribution >= 4 is 17.9 Å². The molecule has 6 heteroatoms. The minimum absolute atomic E-state index is 0.0797. The summed E-state index contributed by atoms with van der Waals surface area (Å²) in [5.41, 5.74) is 0. The Hall–Kier alpha value is -2.11. The molecule has 0 N–H and O–H groups in total. The van der Waals surface area contributed by atoms with Crippen LogP contribution >= 0.6 is 0 Å². The van der Waals surface area contributed by atoms with E-state index in [1.807, 2.05) is 0 Å². The standard InChI is InChI=1S/C51H94O6/c1-4-7-10-13-16-19-21-23-24-25-26-27-28-30-32-35-38-41-44-50(53)56-47-48(46-55-49(52)43-40-37-34-31-18-15-12-9-6-3)57-51(54)45-42-39-36-33-29-22-20-17-14-11-8-5-2/h17,20,31,34,48H,4-16,18-19,21-30,32-33,35-47H2,1-3H3/b20-17-,34-31-. The van der Waals surface area contributed by atoms with Gasteiger partial charge in [0.15, 0.2) is 6.10 Å². The van der Waals surface area contributed by atoms with Gasteiger partial charge in [-0.25, -0.2) is 0 Å². The predicted octanol–water partition coefficient (Wildman–Crippen LogP) is 16.0. The molecule has 0 aliphatic rings. The van der Waals surface area contributed by atoms with Crippen LogP contribution in [-0.2, 0) is 28.6 Å². The summed E-state index contributed by atoms with van der Waals surface area (Å²) >= 11 is 0. The van der Waals surface area contributed by atoms with Crippen LogP contribution in [0.25, 0.3) is 0 Å². The summed E-state index contributed by atoms with van der Waals surface area (Å²) in [6.07, 6.45) is 51.7. The summed E-state index contributed by atoms with van der Waals surface area (Å²) < 4.78 is 16.7. The molecule has 0 saturated heterocycles. The lowest BCUT2D eigenvalue weighted by Gasteiger charge is -2.18. The molecule has 0 rings (SSSR count). The summed E-state index contributed by atoms with van der Waals surface area (Å²) in [4.78, 5) is 37.7. The zero-order valence-corrected chi connectivity index (χ0v) is 38.1. The molecule has 0 amide bonds. The Labute approximate surface area is 353 Å². The highest BCUT2D eigenvalue weighted by Crippen LogP contribution is 2.16. The van der Waals surface area contributed by atoms with Crippen molar-refractivity contribution in [2.75, 3.05) is 13.2 Å². The van der Waals surface area contributed by atoms with Crippen molar-refractivity contribution in [2.45, 2.75) is 271 Å². The maximum absolute atomic E-state index is 12.7. The Balaban J connectivity index is 4.27. The first-order valence-electron chi connectivity index (χ1n) is 24.8. The number of ether oxygens (including phenoxy) is 3. The van der Waals surface area contributed by atoms with Crippen molar-refractivity contribution in [3.8, 4) is 0 Å². The van der Waals surface area contributed by atoms with Gasteiger partial charge < -0.3 is 14.2 Å². The van der Waals surface area contributed by atoms with Crippen molar-refractivity contribution in [3.05, 3.63) is 24.3 Å². The third-order valence-corrected chi connectivity index (χ3v) is 10.9. The average molecular weight is 803 g/mol. The van der Waals surface area contributed by atoms with E-state index in [-0.39, 0.29) is 31.1 Å². The molecule has 0 saturated carbocycles. The Bertz CT molecular complexity index is 927. The highest BCUT2D eigenvalue weighted by atomic mass is 16.6. The third kappa shape index (κ3) is 44.8. The number of allylic oxidation sites excluding steroid dienone is 4. The molecule has 0 aromatic carbocycles. The van der Waals surface area contributed by atoms with Crippen LogP contribution < -0.4 is 0 Å². The summed E-state index contributed by atoms with van der Waals surface area (Å²) in [5.74, 6) is -0.917. The van der Waals surface area contributed by atoms with Crippen LogP contribution in [0.1, 0.15) is 265 Å². The van der Waals surface area contributed by atoms with Crippen LogP contribution in [0.3, 0.4) is 0 Å². The first-order valence-corrected chi connectivity index (χ1v) is 24.8. The minimum Gasteiger partial charge on any atom is -0.462 e. The zero-order chi connectivity index (χ0) is 41.5. The number of hydrogen-bond acceptors (Lipinski definition) is 6. The number of hydrogen-bond donors (Lipinski definition) is 0. The number of esters is 3. The Kier molecular flexibility index (Phi) is 44.9. The first kappa shape index (κ1) is 54.9. The normalized spacial score (nSPS) is 12.1. The van der Waals surface area contributed by atoms with Gasteiger partial charge in [0.05, 0.1) is 0 Å². The van der Waals surface area contributed by atoms with Crippen molar-refractivity contribution in [1.82, 2.24) is 0 Å². The third-order valence-electron chi connectivity index (χ3n) is 10.9. The van der Waals surface area contributed by atoms with Gasteiger partial charge in [-0.1, -0.05) is 206 Å². The maximum Gasteiger partial charge on any atom is 0.306 e. The fourth-order valence-electron chi connectivity index (χ4n) is 7.15. The lowest BCUT2D eigenvalue weighted by atomic mass is 10.0. The second kappa shape index (κ2) is 46.6. The van der Waals surface area contributed by atoms with Crippen LogP contribution in [0, 0.1) is 0 Å². The summed E-state index contributed by atoms with van der Waals surface area (Å²) in [6, 6.07) is 0. The van der Waals surface area contributed by atoms with Gasteiger partial charge in [0, 0.05) is 19.3 Å². The van der Waals surface area contributed by atoms with E-state index >= 15 is 0 Å². The molecule has 0 aliphatic heterocycles. The molecule has 1 unspecified atom stereocenters. The fourth-order valence-corrected chi connectivity index (χ4v) is 7.15. The van der Waals surface area contributed by atoms with E-state index in [4.69, 9.17) is 14.2 Å². The topological polar surface area (TPSA) is 78.9 Å². The summed E-state index contributed by atoms with van der Waals surface area (Å²) in [6.45, 7) is 6.57.